The van der Waals surface area contributed by atoms with E-state index in [2.05, 4.69) is 14.7 Å². The van der Waals surface area contributed by atoms with Crippen molar-refractivity contribution in [2.24, 2.45) is 0 Å². The second-order valence-electron chi connectivity index (χ2n) is 6.04. The second-order valence-corrected chi connectivity index (χ2v) is 6.04. The first kappa shape index (κ1) is 18.8. The molecular weight excluding hydrogens is 357 g/mol. The number of aryl methyl sites for hydroxylation is 1. The quantitative estimate of drug-likeness (QED) is 0.700. The van der Waals surface area contributed by atoms with Crippen LogP contribution in [0, 0.1) is 12.7 Å². The molecule has 4 nitrogen and oxygen atoms in total. The number of hydrogen-bond acceptors (Lipinski definition) is 4. The molecule has 0 aliphatic carbocycles. The van der Waals surface area contributed by atoms with Gasteiger partial charge >= 0.3 is 6.61 Å². The summed E-state index contributed by atoms with van der Waals surface area (Å²) in [4.78, 5) is 8.52. The van der Waals surface area contributed by atoms with Gasteiger partial charge in [-0.1, -0.05) is 6.07 Å². The van der Waals surface area contributed by atoms with Gasteiger partial charge in [0.05, 0.1) is 12.3 Å². The molecule has 0 aliphatic heterocycles. The number of pyridine rings is 2. The fraction of sp³-hybridized carbons (Fsp3) is 0.200. The molecule has 3 aromatic rings. The highest BCUT2D eigenvalue weighted by atomic mass is 19.3. The Kier molecular flexibility index (Phi) is 5.71. The zero-order chi connectivity index (χ0) is 19.4. The van der Waals surface area contributed by atoms with E-state index >= 15 is 0 Å². The van der Waals surface area contributed by atoms with Crippen LogP contribution in [0.2, 0.25) is 0 Å². The Morgan fingerprint density at radius 1 is 1.07 bits per heavy atom. The number of nitrogens with zero attached hydrogens (tertiary/aromatic N) is 2. The van der Waals surface area contributed by atoms with Gasteiger partial charge in [-0.15, -0.1) is 0 Å². The Balaban J connectivity index is 1.99. The number of benzene rings is 1. The average molecular weight is 374 g/mol. The van der Waals surface area contributed by atoms with Crippen molar-refractivity contribution in [1.29, 1.82) is 0 Å². The molecule has 3 rings (SSSR count). The molecule has 0 saturated carbocycles. The zero-order valence-electron chi connectivity index (χ0n) is 14.5. The Labute approximate surface area is 154 Å². The molecule has 140 valence electrons. The molecule has 2 heterocycles. The molecular formula is C20H17F3N2O2. The molecule has 0 bridgehead atoms. The summed E-state index contributed by atoms with van der Waals surface area (Å²) in [5, 5.41) is 9.05. The maximum absolute atomic E-state index is 13.8. The van der Waals surface area contributed by atoms with Gasteiger partial charge in [0, 0.05) is 23.9 Å². The van der Waals surface area contributed by atoms with Gasteiger partial charge in [-0.3, -0.25) is 4.98 Å². The van der Waals surface area contributed by atoms with Crippen LogP contribution < -0.4 is 4.74 Å². The molecule has 0 saturated heterocycles. The molecule has 0 fully saturated rings. The van der Waals surface area contributed by atoms with E-state index in [4.69, 9.17) is 5.11 Å². The third-order valence-corrected chi connectivity index (χ3v) is 3.88. The first-order valence-electron chi connectivity index (χ1n) is 8.21. The summed E-state index contributed by atoms with van der Waals surface area (Å²) in [5.74, 6) is -0.600. The second kappa shape index (κ2) is 8.18. The van der Waals surface area contributed by atoms with Crippen LogP contribution in [0.5, 0.6) is 5.75 Å². The standard InChI is InChI=1S/C20H17F3N2O2/c1-12-6-14(9-15(21)7-12)19-18(27-20(22)23)5-4-16(25-19)8-13-2-3-17(11-26)24-10-13/h2-7,9-10,20,26H,8,11H2,1H3. The van der Waals surface area contributed by atoms with Crippen molar-refractivity contribution in [3.63, 3.8) is 0 Å². The van der Waals surface area contributed by atoms with E-state index in [9.17, 15) is 13.2 Å². The minimum absolute atomic E-state index is 0.118. The number of alkyl halides is 2. The van der Waals surface area contributed by atoms with E-state index in [1.54, 1.807) is 37.4 Å². The Morgan fingerprint density at radius 3 is 2.48 bits per heavy atom. The van der Waals surface area contributed by atoms with Gasteiger partial charge in [-0.05, 0) is 54.4 Å². The summed E-state index contributed by atoms with van der Waals surface area (Å²) in [7, 11) is 0. The molecule has 1 aromatic carbocycles. The molecule has 0 spiro atoms. The molecule has 27 heavy (non-hydrogen) atoms. The van der Waals surface area contributed by atoms with Crippen LogP contribution in [-0.4, -0.2) is 21.7 Å². The minimum atomic E-state index is -3.01. The van der Waals surface area contributed by atoms with Crippen molar-refractivity contribution in [2.75, 3.05) is 0 Å². The molecule has 0 aliphatic rings. The van der Waals surface area contributed by atoms with Gasteiger partial charge in [-0.25, -0.2) is 9.37 Å². The predicted octanol–water partition coefficient (Wildman–Crippen LogP) is 4.28. The molecule has 0 unspecified atom stereocenters. The minimum Gasteiger partial charge on any atom is -0.432 e. The fourth-order valence-corrected chi connectivity index (χ4v) is 2.72. The lowest BCUT2D eigenvalue weighted by Crippen LogP contribution is -2.06. The van der Waals surface area contributed by atoms with Crippen LogP contribution in [0.3, 0.4) is 0 Å². The number of ether oxygens (including phenoxy) is 1. The summed E-state index contributed by atoms with van der Waals surface area (Å²) in [5.41, 5.74) is 3.12. The van der Waals surface area contributed by atoms with E-state index < -0.39 is 12.4 Å². The Hall–Kier alpha value is -2.93. The van der Waals surface area contributed by atoms with Crippen LogP contribution in [0.15, 0.2) is 48.7 Å². The summed E-state index contributed by atoms with van der Waals surface area (Å²) < 4.78 is 43.8. The first-order valence-corrected chi connectivity index (χ1v) is 8.21. The van der Waals surface area contributed by atoms with Gasteiger partial charge in [0.15, 0.2) is 5.75 Å². The fourth-order valence-electron chi connectivity index (χ4n) is 2.72. The monoisotopic (exact) mass is 374 g/mol. The van der Waals surface area contributed by atoms with Gasteiger partial charge < -0.3 is 9.84 Å². The van der Waals surface area contributed by atoms with Crippen molar-refractivity contribution in [3.05, 3.63) is 77.0 Å². The highest BCUT2D eigenvalue weighted by Crippen LogP contribution is 2.31. The normalized spacial score (nSPS) is 11.0. The van der Waals surface area contributed by atoms with Crippen LogP contribution in [0.4, 0.5) is 13.2 Å². The third-order valence-electron chi connectivity index (χ3n) is 3.88. The first-order chi connectivity index (χ1) is 12.9. The zero-order valence-corrected chi connectivity index (χ0v) is 14.5. The van der Waals surface area contributed by atoms with Crippen molar-refractivity contribution in [1.82, 2.24) is 9.97 Å². The molecule has 0 radical (unpaired) electrons. The molecule has 1 N–H and O–H groups in total. The van der Waals surface area contributed by atoms with E-state index in [1.807, 2.05) is 0 Å². The Morgan fingerprint density at radius 2 is 1.85 bits per heavy atom. The summed E-state index contributed by atoms with van der Waals surface area (Å²) >= 11 is 0. The maximum atomic E-state index is 13.8. The topological polar surface area (TPSA) is 55.2 Å². The van der Waals surface area contributed by atoms with Crippen molar-refractivity contribution < 1.29 is 23.0 Å². The largest absolute Gasteiger partial charge is 0.432 e. The van der Waals surface area contributed by atoms with Gasteiger partial charge in [-0.2, -0.15) is 8.78 Å². The summed E-state index contributed by atoms with van der Waals surface area (Å²) in [6.07, 6.45) is 2.01. The van der Waals surface area contributed by atoms with Crippen LogP contribution in [-0.2, 0) is 13.0 Å². The highest BCUT2D eigenvalue weighted by Gasteiger charge is 2.15. The SMILES string of the molecule is Cc1cc(F)cc(-c2nc(Cc3ccc(CO)nc3)ccc2OC(F)F)c1. The highest BCUT2D eigenvalue weighted by molar-refractivity contribution is 5.67. The molecule has 7 heteroatoms. The third kappa shape index (κ3) is 4.83. The maximum Gasteiger partial charge on any atom is 0.387 e. The van der Waals surface area contributed by atoms with Crippen LogP contribution >= 0.6 is 0 Å². The Bertz CT molecular complexity index is 911. The smallest absolute Gasteiger partial charge is 0.387 e. The number of aliphatic hydroxyl groups is 1. The van der Waals surface area contributed by atoms with E-state index in [0.717, 1.165) is 5.56 Å². The number of rotatable bonds is 6. The number of aromatic nitrogens is 2. The van der Waals surface area contributed by atoms with Crippen LogP contribution in [0.25, 0.3) is 11.3 Å². The van der Waals surface area contributed by atoms with Gasteiger partial charge in [0.2, 0.25) is 0 Å². The van der Waals surface area contributed by atoms with Gasteiger partial charge in [0.25, 0.3) is 0 Å². The van der Waals surface area contributed by atoms with Crippen molar-refractivity contribution >= 4 is 0 Å². The lowest BCUT2D eigenvalue weighted by Gasteiger charge is -2.13. The van der Waals surface area contributed by atoms with E-state index in [-0.39, 0.29) is 18.1 Å². The lowest BCUT2D eigenvalue weighted by atomic mass is 10.1. The predicted molar refractivity (Wildman–Crippen MR) is 94.0 cm³/mol. The van der Waals surface area contributed by atoms with Gasteiger partial charge in [0.1, 0.15) is 11.5 Å². The average Bonchev–Trinajstić information content (AvgIpc) is 2.62. The molecule has 2 aromatic heterocycles. The molecule has 0 atom stereocenters. The van der Waals surface area contributed by atoms with E-state index in [1.165, 1.54) is 18.2 Å². The van der Waals surface area contributed by atoms with E-state index in [0.29, 0.717) is 28.9 Å². The lowest BCUT2D eigenvalue weighted by molar-refractivity contribution is -0.0496. The summed E-state index contributed by atoms with van der Waals surface area (Å²) in [6, 6.07) is 10.7. The van der Waals surface area contributed by atoms with Crippen molar-refractivity contribution in [3.8, 4) is 17.0 Å². The number of halogens is 3. The van der Waals surface area contributed by atoms with Crippen LogP contribution in [0.1, 0.15) is 22.5 Å². The van der Waals surface area contributed by atoms with Crippen molar-refractivity contribution in [2.45, 2.75) is 26.6 Å². The number of hydrogen-bond donors (Lipinski definition) is 1. The summed E-state index contributed by atoms with van der Waals surface area (Å²) in [6.45, 7) is -1.46. The number of aliphatic hydroxyl groups excluding tert-OH is 1. The molecule has 0 amide bonds.